The number of rotatable bonds is 0. The molecule has 0 saturated carbocycles. The van der Waals surface area contributed by atoms with E-state index in [-0.39, 0.29) is 0 Å². The number of hydrogen-bond donors (Lipinski definition) is 1. The van der Waals surface area contributed by atoms with Gasteiger partial charge >= 0.3 is 6.16 Å². The van der Waals surface area contributed by atoms with Crippen LogP contribution in [0.2, 0.25) is 0 Å². The Morgan fingerprint density at radius 3 is 2.33 bits per heavy atom. The van der Waals surface area contributed by atoms with Crippen LogP contribution in [0.5, 0.6) is 0 Å². The number of carbonyl (C=O) groups excluding carboxylic acids is 1. The van der Waals surface area contributed by atoms with Crippen molar-refractivity contribution in [3.05, 3.63) is 0 Å². The third-order valence-corrected chi connectivity index (χ3v) is 0.138. The van der Waals surface area contributed by atoms with E-state index in [2.05, 4.69) is 9.83 Å². The molecule has 0 saturated heterocycles. The molecule has 4 nitrogen and oxygen atoms in total. The van der Waals surface area contributed by atoms with Gasteiger partial charge in [-0.25, -0.2) is 4.94 Å². The number of halogens is 1. The monoisotopic (exact) mass is 96.0 g/mol. The fourth-order valence-electron chi connectivity index (χ4n) is 0.0141. The molecule has 0 bridgehead atoms. The molecule has 0 fully saturated rings. The molecule has 0 heterocycles. The Morgan fingerprint density at radius 2 is 2.33 bits per heavy atom. The molecule has 1 N–H and O–H groups in total. The van der Waals surface area contributed by atoms with Gasteiger partial charge in [0.25, 0.3) is 0 Å². The van der Waals surface area contributed by atoms with Crippen LogP contribution in [0.15, 0.2) is 0 Å². The molecular weight excluding hydrogens is 95.0 g/mol. The Balaban J connectivity index is 2.99. The van der Waals surface area contributed by atoms with E-state index in [1.807, 2.05) is 0 Å². The molecule has 0 atom stereocenters. The number of hydrogen-bond acceptors (Lipinski definition) is 4. The average Bonchev–Trinajstić information content (AvgIpc) is 1.65. The molecular formula is CHFO4. The Hall–Kier alpha value is -0.840. The standard InChI is InChI=1S/CHFO4/c2-5-1(3)6-4/h4H. The Morgan fingerprint density at radius 1 is 1.83 bits per heavy atom. The van der Waals surface area contributed by atoms with Crippen LogP contribution in [0.1, 0.15) is 0 Å². The molecule has 36 valence electrons. The lowest BCUT2D eigenvalue weighted by atomic mass is 11.4. The van der Waals surface area contributed by atoms with Crippen LogP contribution in [0, 0.1) is 0 Å². The van der Waals surface area contributed by atoms with Gasteiger partial charge in [0, 0.05) is 4.53 Å². The molecule has 6 heavy (non-hydrogen) atoms. The summed E-state index contributed by atoms with van der Waals surface area (Å²) in [5.74, 6) is 0. The fraction of sp³-hybridized carbons (Fsp3) is 0. The van der Waals surface area contributed by atoms with Crippen LogP contribution in [0.25, 0.3) is 0 Å². The van der Waals surface area contributed by atoms with E-state index >= 15 is 0 Å². The van der Waals surface area contributed by atoms with E-state index in [0.717, 1.165) is 0 Å². The highest BCUT2D eigenvalue weighted by molar-refractivity contribution is 5.57. The van der Waals surface area contributed by atoms with Crippen molar-refractivity contribution in [3.8, 4) is 0 Å². The zero-order chi connectivity index (χ0) is 4.99. The summed E-state index contributed by atoms with van der Waals surface area (Å²) in [6, 6.07) is 0. The van der Waals surface area contributed by atoms with Gasteiger partial charge in [0.2, 0.25) is 0 Å². The van der Waals surface area contributed by atoms with E-state index < -0.39 is 6.16 Å². The van der Waals surface area contributed by atoms with Crippen molar-refractivity contribution < 1.29 is 24.4 Å². The maximum absolute atomic E-state index is 10.3. The molecule has 0 radical (unpaired) electrons. The molecule has 0 rings (SSSR count). The van der Waals surface area contributed by atoms with Gasteiger partial charge in [-0.1, -0.05) is 0 Å². The smallest absolute Gasteiger partial charge is 0.260 e. The minimum absolute atomic E-state index is 1.77. The van der Waals surface area contributed by atoms with Crippen LogP contribution in [0.3, 0.4) is 0 Å². The highest BCUT2D eigenvalue weighted by atomic mass is 19.3. The van der Waals surface area contributed by atoms with Crippen molar-refractivity contribution in [3.63, 3.8) is 0 Å². The second-order valence-electron chi connectivity index (χ2n) is 0.418. The van der Waals surface area contributed by atoms with Crippen LogP contribution < -0.4 is 0 Å². The van der Waals surface area contributed by atoms with Crippen molar-refractivity contribution in [2.24, 2.45) is 0 Å². The van der Waals surface area contributed by atoms with Gasteiger partial charge in [0.15, 0.2) is 0 Å². The summed E-state index contributed by atoms with van der Waals surface area (Å²) < 4.78 is 10.3. The topological polar surface area (TPSA) is 55.8 Å². The summed E-state index contributed by atoms with van der Waals surface area (Å²) in [4.78, 5) is 14.1. The predicted molar refractivity (Wildman–Crippen MR) is 11.3 cm³/mol. The first kappa shape index (κ1) is 5.16. The normalized spacial score (nSPS) is 7.00. The van der Waals surface area contributed by atoms with Gasteiger partial charge < -0.3 is 0 Å². The minimum atomic E-state index is -1.77. The zero-order valence-corrected chi connectivity index (χ0v) is 2.55. The molecule has 0 aliphatic carbocycles. The highest BCUT2D eigenvalue weighted by Gasteiger charge is 1.97. The summed E-state index contributed by atoms with van der Waals surface area (Å²) in [6.45, 7) is 0. The Bertz CT molecular complexity index is 45.5. The van der Waals surface area contributed by atoms with Crippen molar-refractivity contribution in [2.45, 2.75) is 0 Å². The molecule has 0 aromatic rings. The molecule has 0 aromatic carbocycles. The number of carbonyl (C=O) groups is 1. The fourth-order valence-corrected chi connectivity index (χ4v) is 0.0141. The lowest BCUT2D eigenvalue weighted by Crippen LogP contribution is -1.95. The van der Waals surface area contributed by atoms with Crippen LogP contribution in [-0.2, 0) is 9.83 Å². The molecule has 0 aliphatic rings. The lowest BCUT2D eigenvalue weighted by molar-refractivity contribution is -0.233. The van der Waals surface area contributed by atoms with Gasteiger partial charge in [0.05, 0.1) is 0 Å². The molecule has 0 spiro atoms. The first-order chi connectivity index (χ1) is 2.81. The van der Waals surface area contributed by atoms with Gasteiger partial charge in [-0.05, 0) is 0 Å². The van der Waals surface area contributed by atoms with E-state index in [4.69, 9.17) is 10.1 Å². The first-order valence-electron chi connectivity index (χ1n) is 0.949. The highest BCUT2D eigenvalue weighted by Crippen LogP contribution is 1.77. The van der Waals surface area contributed by atoms with Gasteiger partial charge in [0.1, 0.15) is 0 Å². The lowest BCUT2D eigenvalue weighted by Gasteiger charge is -1.80. The van der Waals surface area contributed by atoms with Crippen molar-refractivity contribution in [1.82, 2.24) is 0 Å². The van der Waals surface area contributed by atoms with Crippen LogP contribution >= 0.6 is 0 Å². The second-order valence-corrected chi connectivity index (χ2v) is 0.418. The van der Waals surface area contributed by atoms with E-state index in [9.17, 15) is 4.53 Å². The van der Waals surface area contributed by atoms with Gasteiger partial charge in [-0.15, -0.1) is 0 Å². The van der Waals surface area contributed by atoms with Gasteiger partial charge in [-0.3, -0.25) is 4.89 Å². The summed E-state index contributed by atoms with van der Waals surface area (Å²) in [6.07, 6.45) is -1.77. The quantitative estimate of drug-likeness (QED) is 0.352. The summed E-state index contributed by atoms with van der Waals surface area (Å²) in [5, 5.41) is 7.12. The Labute approximate surface area is 31.9 Å². The molecule has 5 heteroatoms. The third-order valence-electron chi connectivity index (χ3n) is 0.138. The van der Waals surface area contributed by atoms with E-state index in [1.165, 1.54) is 0 Å². The maximum Gasteiger partial charge on any atom is 0.577 e. The largest absolute Gasteiger partial charge is 0.577 e. The first-order valence-corrected chi connectivity index (χ1v) is 0.949. The van der Waals surface area contributed by atoms with Gasteiger partial charge in [-0.2, -0.15) is 10.1 Å². The van der Waals surface area contributed by atoms with Crippen molar-refractivity contribution in [1.29, 1.82) is 0 Å². The predicted octanol–water partition coefficient (Wildman–Crippen LogP) is 0.497. The summed E-state index contributed by atoms with van der Waals surface area (Å²) in [5.41, 5.74) is 0. The molecule has 0 amide bonds. The SMILES string of the molecule is O=C(OO)OF. The van der Waals surface area contributed by atoms with Crippen molar-refractivity contribution >= 4 is 6.16 Å². The zero-order valence-electron chi connectivity index (χ0n) is 2.55. The van der Waals surface area contributed by atoms with E-state index in [1.54, 1.807) is 0 Å². The van der Waals surface area contributed by atoms with E-state index in [0.29, 0.717) is 0 Å². The second kappa shape index (κ2) is 2.40. The third kappa shape index (κ3) is 1.48. The average molecular weight is 96.0 g/mol. The maximum atomic E-state index is 10.3. The van der Waals surface area contributed by atoms with Crippen molar-refractivity contribution in [2.75, 3.05) is 0 Å². The van der Waals surface area contributed by atoms with Crippen LogP contribution in [-0.4, -0.2) is 11.4 Å². The summed E-state index contributed by atoms with van der Waals surface area (Å²) >= 11 is 0. The molecule has 0 unspecified atom stereocenters. The molecule has 0 aliphatic heterocycles. The summed E-state index contributed by atoms with van der Waals surface area (Å²) in [7, 11) is 0. The Kier molecular flexibility index (Phi) is 2.06. The van der Waals surface area contributed by atoms with Crippen LogP contribution in [0.4, 0.5) is 9.32 Å². The minimum Gasteiger partial charge on any atom is -0.260 e. The molecule has 0 aromatic heterocycles.